The van der Waals surface area contributed by atoms with E-state index in [4.69, 9.17) is 9.97 Å². The van der Waals surface area contributed by atoms with Gasteiger partial charge in [-0.1, -0.05) is 109 Å². The van der Waals surface area contributed by atoms with Gasteiger partial charge in [0.15, 0.2) is 0 Å². The molecule has 0 fully saturated rings. The summed E-state index contributed by atoms with van der Waals surface area (Å²) in [6.45, 7) is 0. The zero-order valence-electron chi connectivity index (χ0n) is 28.1. The van der Waals surface area contributed by atoms with Crippen LogP contribution in [0.25, 0.3) is 89.2 Å². The molecule has 0 aliphatic carbocycles. The predicted octanol–water partition coefficient (Wildman–Crippen LogP) is 11.6. The van der Waals surface area contributed by atoms with Crippen LogP contribution in [0.15, 0.2) is 189 Å². The monoisotopic (exact) mass is 665 g/mol. The lowest BCUT2D eigenvalue weighted by Crippen LogP contribution is -2.01. The third kappa shape index (κ3) is 5.15. The minimum atomic E-state index is 0.863. The number of aromatic nitrogens is 5. The molecule has 5 aromatic heterocycles. The summed E-state index contributed by atoms with van der Waals surface area (Å²) in [5.41, 5.74) is 13.0. The SMILES string of the molecule is c1ccc(-c2c(-c3ccccc3)n(-c3cccc(-c4ccncc4)n3)c3cc4ccc(-c5ccc(-c6cn7ccccc7n6)cc5)cc4cc23)cc1. The normalized spacial score (nSPS) is 11.5. The Kier molecular flexibility index (Phi) is 7.07. The Hall–Kier alpha value is -7.11. The molecule has 5 heterocycles. The maximum Gasteiger partial charge on any atom is 0.138 e. The molecule has 0 spiro atoms. The summed E-state index contributed by atoms with van der Waals surface area (Å²) in [6.07, 6.45) is 7.74. The van der Waals surface area contributed by atoms with Crippen molar-refractivity contribution in [1.82, 2.24) is 23.9 Å². The fourth-order valence-electron chi connectivity index (χ4n) is 7.35. The predicted molar refractivity (Wildman–Crippen MR) is 212 cm³/mol. The van der Waals surface area contributed by atoms with Gasteiger partial charge in [0.25, 0.3) is 0 Å². The molecule has 0 saturated heterocycles. The average molecular weight is 666 g/mol. The first-order valence-electron chi connectivity index (χ1n) is 17.4. The highest BCUT2D eigenvalue weighted by Gasteiger charge is 2.23. The number of hydrogen-bond acceptors (Lipinski definition) is 3. The second kappa shape index (κ2) is 12.3. The second-order valence-electron chi connectivity index (χ2n) is 13.0. The Morgan fingerprint density at radius 1 is 0.442 bits per heavy atom. The van der Waals surface area contributed by atoms with Crippen molar-refractivity contribution in [2.75, 3.05) is 0 Å². The Bertz CT molecular complexity index is 2840. The van der Waals surface area contributed by atoms with Crippen LogP contribution in [-0.4, -0.2) is 23.9 Å². The van der Waals surface area contributed by atoms with Crippen LogP contribution in [0.1, 0.15) is 0 Å². The standard InChI is InChI=1S/C47H31N5/c1-3-10-35(11-4-1)46-40-29-39-28-37(32-17-19-33(20-18-32)42-31-51-27-8-7-15-44(51)50-42)21-22-38(39)30-43(40)52(47(46)36-12-5-2-6-13-36)45-16-9-14-41(49-45)34-23-25-48-26-24-34/h1-31H. The third-order valence-electron chi connectivity index (χ3n) is 9.85. The minimum absolute atomic E-state index is 0.863. The summed E-state index contributed by atoms with van der Waals surface area (Å²) < 4.78 is 4.39. The van der Waals surface area contributed by atoms with Crippen molar-refractivity contribution in [2.45, 2.75) is 0 Å². The third-order valence-corrected chi connectivity index (χ3v) is 9.85. The van der Waals surface area contributed by atoms with Crippen LogP contribution in [0.5, 0.6) is 0 Å². The minimum Gasteiger partial charge on any atom is -0.306 e. The number of benzene rings is 5. The van der Waals surface area contributed by atoms with Gasteiger partial charge in [-0.25, -0.2) is 9.97 Å². The number of imidazole rings is 1. The van der Waals surface area contributed by atoms with E-state index in [0.29, 0.717) is 0 Å². The van der Waals surface area contributed by atoms with Crippen LogP contribution in [0.2, 0.25) is 0 Å². The van der Waals surface area contributed by atoms with Crippen molar-refractivity contribution in [3.05, 3.63) is 189 Å². The van der Waals surface area contributed by atoms with Gasteiger partial charge in [0.2, 0.25) is 0 Å². The van der Waals surface area contributed by atoms with Crippen LogP contribution >= 0.6 is 0 Å². The highest BCUT2D eigenvalue weighted by molar-refractivity contribution is 6.11. The van der Waals surface area contributed by atoms with Gasteiger partial charge in [-0.3, -0.25) is 9.55 Å². The first kappa shape index (κ1) is 29.8. The topological polar surface area (TPSA) is 48.0 Å². The van der Waals surface area contributed by atoms with E-state index in [1.54, 1.807) is 0 Å². The molecule has 10 rings (SSSR count). The van der Waals surface area contributed by atoms with Crippen molar-refractivity contribution in [3.63, 3.8) is 0 Å². The lowest BCUT2D eigenvalue weighted by atomic mass is 9.95. The summed E-state index contributed by atoms with van der Waals surface area (Å²) in [6, 6.07) is 57.9. The zero-order chi connectivity index (χ0) is 34.4. The summed E-state index contributed by atoms with van der Waals surface area (Å²) >= 11 is 0. The summed E-state index contributed by atoms with van der Waals surface area (Å²) in [5, 5.41) is 3.52. The maximum absolute atomic E-state index is 5.26. The number of hydrogen-bond donors (Lipinski definition) is 0. The second-order valence-corrected chi connectivity index (χ2v) is 13.0. The molecule has 0 aliphatic rings. The summed E-state index contributed by atoms with van der Waals surface area (Å²) in [4.78, 5) is 14.3. The molecule has 0 radical (unpaired) electrons. The van der Waals surface area contributed by atoms with E-state index < -0.39 is 0 Å². The highest BCUT2D eigenvalue weighted by atomic mass is 15.1. The summed E-state index contributed by atoms with van der Waals surface area (Å²) in [5.74, 6) is 0.863. The molecule has 0 bridgehead atoms. The molecular formula is C47H31N5. The largest absolute Gasteiger partial charge is 0.306 e. The number of nitrogens with zero attached hydrogens (tertiary/aromatic N) is 5. The molecule has 0 N–H and O–H groups in total. The van der Waals surface area contributed by atoms with Gasteiger partial charge < -0.3 is 4.40 Å². The maximum atomic E-state index is 5.26. The van der Waals surface area contributed by atoms with E-state index >= 15 is 0 Å². The molecule has 0 unspecified atom stereocenters. The van der Waals surface area contributed by atoms with Gasteiger partial charge in [0.05, 0.1) is 22.6 Å². The molecule has 0 aliphatic heterocycles. The van der Waals surface area contributed by atoms with Crippen molar-refractivity contribution in [3.8, 4) is 61.8 Å². The molecule has 244 valence electrons. The van der Waals surface area contributed by atoms with Crippen LogP contribution < -0.4 is 0 Å². The molecule has 5 nitrogen and oxygen atoms in total. The van der Waals surface area contributed by atoms with Crippen molar-refractivity contribution < 1.29 is 0 Å². The lowest BCUT2D eigenvalue weighted by molar-refractivity contribution is 1.05. The van der Waals surface area contributed by atoms with Crippen LogP contribution in [0, 0.1) is 0 Å². The van der Waals surface area contributed by atoms with E-state index in [-0.39, 0.29) is 0 Å². The van der Waals surface area contributed by atoms with Gasteiger partial charge in [0, 0.05) is 46.9 Å². The molecule has 10 aromatic rings. The molecule has 5 heteroatoms. The van der Waals surface area contributed by atoms with E-state index in [1.165, 1.54) is 27.3 Å². The van der Waals surface area contributed by atoms with Crippen molar-refractivity contribution >= 4 is 27.3 Å². The van der Waals surface area contributed by atoms with Gasteiger partial charge in [-0.2, -0.15) is 0 Å². The summed E-state index contributed by atoms with van der Waals surface area (Å²) in [7, 11) is 0. The fourth-order valence-corrected chi connectivity index (χ4v) is 7.35. The van der Waals surface area contributed by atoms with E-state index in [9.17, 15) is 0 Å². The molecule has 5 aromatic carbocycles. The molecule has 0 amide bonds. The van der Waals surface area contributed by atoms with E-state index in [1.807, 2.05) is 48.9 Å². The van der Waals surface area contributed by atoms with Gasteiger partial charge in [-0.05, 0) is 87.6 Å². The number of pyridine rings is 3. The lowest BCUT2D eigenvalue weighted by Gasteiger charge is -2.14. The first-order chi connectivity index (χ1) is 25.8. The van der Waals surface area contributed by atoms with Crippen molar-refractivity contribution in [2.24, 2.45) is 0 Å². The van der Waals surface area contributed by atoms with Gasteiger partial charge in [0.1, 0.15) is 11.5 Å². The molecule has 52 heavy (non-hydrogen) atoms. The average Bonchev–Trinajstić information content (AvgIpc) is 3.80. The van der Waals surface area contributed by atoms with Gasteiger partial charge >= 0.3 is 0 Å². The Labute approximate surface area is 300 Å². The molecule has 0 saturated carbocycles. The van der Waals surface area contributed by atoms with E-state index in [2.05, 4.69) is 154 Å². The number of rotatable bonds is 6. The molecule has 0 atom stereocenters. The molecular weight excluding hydrogens is 635 g/mol. The van der Waals surface area contributed by atoms with Crippen LogP contribution in [-0.2, 0) is 0 Å². The highest BCUT2D eigenvalue weighted by Crippen LogP contribution is 2.44. The number of fused-ring (bicyclic) bond motifs is 3. The van der Waals surface area contributed by atoms with Crippen molar-refractivity contribution in [1.29, 1.82) is 0 Å². The van der Waals surface area contributed by atoms with E-state index in [0.717, 1.165) is 61.9 Å². The van der Waals surface area contributed by atoms with Crippen LogP contribution in [0.3, 0.4) is 0 Å². The Balaban J connectivity index is 1.17. The Morgan fingerprint density at radius 3 is 1.94 bits per heavy atom. The smallest absolute Gasteiger partial charge is 0.138 e. The van der Waals surface area contributed by atoms with Gasteiger partial charge in [-0.15, -0.1) is 0 Å². The zero-order valence-corrected chi connectivity index (χ0v) is 28.1. The Morgan fingerprint density at radius 2 is 1.15 bits per heavy atom. The first-order valence-corrected chi connectivity index (χ1v) is 17.4. The fraction of sp³-hybridized carbons (Fsp3) is 0. The van der Waals surface area contributed by atoms with Crippen LogP contribution in [0.4, 0.5) is 0 Å². The quantitative estimate of drug-likeness (QED) is 0.178.